The molecule has 21 heavy (non-hydrogen) atoms. The van der Waals surface area contributed by atoms with Gasteiger partial charge in [-0.1, -0.05) is 23.7 Å². The summed E-state index contributed by atoms with van der Waals surface area (Å²) in [5, 5.41) is 3.37. The van der Waals surface area contributed by atoms with Gasteiger partial charge in [0.2, 0.25) is 11.8 Å². The number of para-hydroxylation sites is 1. The predicted octanol–water partition coefficient (Wildman–Crippen LogP) is 2.70. The van der Waals surface area contributed by atoms with E-state index in [1.807, 2.05) is 18.2 Å². The van der Waals surface area contributed by atoms with Gasteiger partial charge in [0.1, 0.15) is 0 Å². The summed E-state index contributed by atoms with van der Waals surface area (Å²) in [6.07, 6.45) is 1.72. The van der Waals surface area contributed by atoms with Crippen LogP contribution in [0.5, 0.6) is 0 Å². The SMILES string of the molecule is CC(=O)NCCCSC1CCN(c2ccccc2Cl)C1=O. The number of hydrogen-bond acceptors (Lipinski definition) is 3. The number of anilines is 1. The molecule has 0 saturated carbocycles. The maximum atomic E-state index is 12.4. The van der Waals surface area contributed by atoms with Gasteiger partial charge in [-0.15, -0.1) is 11.8 Å². The van der Waals surface area contributed by atoms with Crippen LogP contribution < -0.4 is 10.2 Å². The summed E-state index contributed by atoms with van der Waals surface area (Å²) in [5.41, 5.74) is 0.797. The van der Waals surface area contributed by atoms with E-state index in [0.29, 0.717) is 18.1 Å². The van der Waals surface area contributed by atoms with Gasteiger partial charge in [-0.2, -0.15) is 0 Å². The molecule has 1 atom stereocenters. The third kappa shape index (κ3) is 4.38. The van der Waals surface area contributed by atoms with Gasteiger partial charge in [0.15, 0.2) is 0 Å². The van der Waals surface area contributed by atoms with Crippen molar-refractivity contribution in [1.82, 2.24) is 5.32 Å². The van der Waals surface area contributed by atoms with Crippen molar-refractivity contribution < 1.29 is 9.59 Å². The number of halogens is 1. The Morgan fingerprint density at radius 1 is 1.48 bits per heavy atom. The molecular weight excluding hydrogens is 308 g/mol. The fraction of sp³-hybridized carbons (Fsp3) is 0.467. The molecule has 6 heteroatoms. The van der Waals surface area contributed by atoms with Crippen molar-refractivity contribution in [3.63, 3.8) is 0 Å². The van der Waals surface area contributed by atoms with Crippen LogP contribution in [0, 0.1) is 0 Å². The second kappa shape index (κ2) is 7.71. The fourth-order valence-electron chi connectivity index (χ4n) is 2.28. The number of hydrogen-bond donors (Lipinski definition) is 1. The topological polar surface area (TPSA) is 49.4 Å². The molecular formula is C15H19ClN2O2S. The third-order valence-electron chi connectivity index (χ3n) is 3.31. The Morgan fingerprint density at radius 2 is 2.24 bits per heavy atom. The van der Waals surface area contributed by atoms with E-state index in [1.54, 1.807) is 22.7 Å². The number of nitrogens with one attached hydrogen (secondary N) is 1. The van der Waals surface area contributed by atoms with Crippen molar-refractivity contribution in [2.24, 2.45) is 0 Å². The van der Waals surface area contributed by atoms with Gasteiger partial charge in [-0.25, -0.2) is 0 Å². The molecule has 114 valence electrons. The number of benzene rings is 1. The van der Waals surface area contributed by atoms with Crippen LogP contribution >= 0.6 is 23.4 Å². The van der Waals surface area contributed by atoms with Gasteiger partial charge < -0.3 is 10.2 Å². The lowest BCUT2D eigenvalue weighted by Gasteiger charge is -2.18. The summed E-state index contributed by atoms with van der Waals surface area (Å²) in [5.74, 6) is 0.988. The van der Waals surface area contributed by atoms with Crippen LogP contribution in [-0.2, 0) is 9.59 Å². The zero-order chi connectivity index (χ0) is 15.2. The zero-order valence-corrected chi connectivity index (χ0v) is 13.5. The minimum atomic E-state index is -0.0122. The molecule has 1 aromatic rings. The highest BCUT2D eigenvalue weighted by Gasteiger charge is 2.33. The summed E-state index contributed by atoms with van der Waals surface area (Å²) in [4.78, 5) is 24.9. The standard InChI is InChI=1S/C15H19ClN2O2S/c1-11(19)17-8-4-10-21-14-7-9-18(15(14)20)13-6-3-2-5-12(13)16/h2-3,5-6,14H,4,7-10H2,1H3,(H,17,19). The maximum Gasteiger partial charge on any atom is 0.240 e. The lowest BCUT2D eigenvalue weighted by molar-refractivity contribution is -0.119. The average Bonchev–Trinajstić information content (AvgIpc) is 2.80. The van der Waals surface area contributed by atoms with Gasteiger partial charge in [0, 0.05) is 20.0 Å². The van der Waals surface area contributed by atoms with Crippen molar-refractivity contribution in [2.75, 3.05) is 23.7 Å². The lowest BCUT2D eigenvalue weighted by atomic mass is 10.3. The maximum absolute atomic E-state index is 12.4. The van der Waals surface area contributed by atoms with Crippen molar-refractivity contribution in [3.8, 4) is 0 Å². The van der Waals surface area contributed by atoms with Crippen molar-refractivity contribution in [1.29, 1.82) is 0 Å². The number of thioether (sulfide) groups is 1. The second-order valence-electron chi connectivity index (χ2n) is 4.93. The highest BCUT2D eigenvalue weighted by atomic mass is 35.5. The summed E-state index contributed by atoms with van der Waals surface area (Å²) < 4.78 is 0. The van der Waals surface area contributed by atoms with Crippen LogP contribution in [0.1, 0.15) is 19.8 Å². The Bertz CT molecular complexity index is 524. The zero-order valence-electron chi connectivity index (χ0n) is 12.0. The molecule has 0 aromatic heterocycles. The van der Waals surface area contributed by atoms with E-state index in [1.165, 1.54) is 6.92 Å². The van der Waals surface area contributed by atoms with Gasteiger partial charge in [-0.05, 0) is 30.7 Å². The Kier molecular flexibility index (Phi) is 5.94. The minimum absolute atomic E-state index is 0.00130. The number of carbonyl (C=O) groups excluding carboxylic acids is 2. The van der Waals surface area contributed by atoms with Gasteiger partial charge >= 0.3 is 0 Å². The van der Waals surface area contributed by atoms with Gasteiger partial charge in [-0.3, -0.25) is 9.59 Å². The monoisotopic (exact) mass is 326 g/mol. The Balaban J connectivity index is 1.82. The van der Waals surface area contributed by atoms with E-state index in [0.717, 1.165) is 24.3 Å². The molecule has 0 spiro atoms. The highest BCUT2D eigenvalue weighted by Crippen LogP contribution is 2.32. The van der Waals surface area contributed by atoms with E-state index in [2.05, 4.69) is 5.32 Å². The molecule has 2 amide bonds. The molecule has 0 bridgehead atoms. The van der Waals surface area contributed by atoms with Gasteiger partial charge in [0.05, 0.1) is 16.0 Å². The Labute approximate surface area is 134 Å². The van der Waals surface area contributed by atoms with E-state index < -0.39 is 0 Å². The third-order valence-corrected chi connectivity index (χ3v) is 5.00. The summed E-state index contributed by atoms with van der Waals surface area (Å²) in [6, 6.07) is 7.44. The number of amides is 2. The molecule has 1 saturated heterocycles. The molecule has 1 unspecified atom stereocenters. The molecule has 0 aliphatic carbocycles. The van der Waals surface area contributed by atoms with Gasteiger partial charge in [0.25, 0.3) is 0 Å². The summed E-state index contributed by atoms with van der Waals surface area (Å²) in [7, 11) is 0. The van der Waals surface area contributed by atoms with Crippen molar-refractivity contribution >= 4 is 40.9 Å². The quantitative estimate of drug-likeness (QED) is 0.818. The molecule has 1 fully saturated rings. The van der Waals surface area contributed by atoms with Crippen LogP contribution in [0.15, 0.2) is 24.3 Å². The van der Waals surface area contributed by atoms with Crippen molar-refractivity contribution in [2.45, 2.75) is 25.0 Å². The molecule has 0 radical (unpaired) electrons. The first-order chi connectivity index (χ1) is 10.1. The van der Waals surface area contributed by atoms with Crippen LogP contribution in [0.25, 0.3) is 0 Å². The second-order valence-corrected chi connectivity index (χ2v) is 6.64. The van der Waals surface area contributed by atoms with Crippen LogP contribution in [0.2, 0.25) is 5.02 Å². The van der Waals surface area contributed by atoms with E-state index in [-0.39, 0.29) is 17.1 Å². The first-order valence-electron chi connectivity index (χ1n) is 7.01. The molecule has 1 aromatic carbocycles. The smallest absolute Gasteiger partial charge is 0.240 e. The molecule has 1 heterocycles. The number of carbonyl (C=O) groups is 2. The highest BCUT2D eigenvalue weighted by molar-refractivity contribution is 8.00. The fourth-order valence-corrected chi connectivity index (χ4v) is 3.66. The lowest BCUT2D eigenvalue weighted by Crippen LogP contribution is -2.28. The van der Waals surface area contributed by atoms with Crippen LogP contribution in [0.3, 0.4) is 0 Å². The van der Waals surface area contributed by atoms with E-state index in [9.17, 15) is 9.59 Å². The molecule has 2 rings (SSSR count). The minimum Gasteiger partial charge on any atom is -0.356 e. The number of rotatable bonds is 6. The summed E-state index contributed by atoms with van der Waals surface area (Å²) in [6.45, 7) is 2.89. The first kappa shape index (κ1) is 16.2. The number of nitrogens with zero attached hydrogens (tertiary/aromatic N) is 1. The predicted molar refractivity (Wildman–Crippen MR) is 88.0 cm³/mol. The summed E-state index contributed by atoms with van der Waals surface area (Å²) >= 11 is 7.81. The first-order valence-corrected chi connectivity index (χ1v) is 8.44. The Hall–Kier alpha value is -1.20. The molecule has 1 N–H and O–H groups in total. The Morgan fingerprint density at radius 3 is 2.95 bits per heavy atom. The molecule has 1 aliphatic heterocycles. The largest absolute Gasteiger partial charge is 0.356 e. The van der Waals surface area contributed by atoms with Crippen molar-refractivity contribution in [3.05, 3.63) is 29.3 Å². The van der Waals surface area contributed by atoms with E-state index in [4.69, 9.17) is 11.6 Å². The van der Waals surface area contributed by atoms with E-state index >= 15 is 0 Å². The molecule has 1 aliphatic rings. The molecule has 4 nitrogen and oxygen atoms in total. The average molecular weight is 327 g/mol. The van der Waals surface area contributed by atoms with Crippen LogP contribution in [-0.4, -0.2) is 35.9 Å². The normalized spacial score (nSPS) is 18.1. The van der Waals surface area contributed by atoms with Crippen LogP contribution in [0.4, 0.5) is 5.69 Å².